The van der Waals surface area contributed by atoms with Gasteiger partial charge in [-0.3, -0.25) is 4.79 Å². The molecule has 0 saturated carbocycles. The maximum Gasteiger partial charge on any atom is 0.225 e. The molecule has 2 aromatic rings. The van der Waals surface area contributed by atoms with E-state index in [1.807, 2.05) is 36.1 Å². The maximum atomic E-state index is 12.5. The van der Waals surface area contributed by atoms with Gasteiger partial charge >= 0.3 is 0 Å². The van der Waals surface area contributed by atoms with Crippen molar-refractivity contribution < 1.29 is 9.21 Å². The van der Waals surface area contributed by atoms with Crippen molar-refractivity contribution in [3.8, 4) is 11.5 Å². The fourth-order valence-electron chi connectivity index (χ4n) is 3.15. The van der Waals surface area contributed by atoms with Gasteiger partial charge in [0.25, 0.3) is 0 Å². The SMILES string of the molecule is C[C@H](CC(=O)N1CCCCCC1)Nc1cccc(-c2ncco2)c1. The van der Waals surface area contributed by atoms with E-state index >= 15 is 0 Å². The van der Waals surface area contributed by atoms with E-state index in [4.69, 9.17) is 4.42 Å². The number of benzene rings is 1. The first-order chi connectivity index (χ1) is 11.7. The summed E-state index contributed by atoms with van der Waals surface area (Å²) in [5, 5.41) is 3.41. The van der Waals surface area contributed by atoms with E-state index in [2.05, 4.69) is 10.3 Å². The summed E-state index contributed by atoms with van der Waals surface area (Å²) < 4.78 is 5.34. The molecule has 0 unspecified atom stereocenters. The second kappa shape index (κ2) is 7.99. The van der Waals surface area contributed by atoms with Gasteiger partial charge in [-0.05, 0) is 38.0 Å². The highest BCUT2D eigenvalue weighted by Crippen LogP contribution is 2.22. The number of carbonyl (C=O) groups is 1. The highest BCUT2D eigenvalue weighted by atomic mass is 16.3. The van der Waals surface area contributed by atoms with Gasteiger partial charge in [0.2, 0.25) is 11.8 Å². The molecular formula is C19H25N3O2. The Morgan fingerprint density at radius 1 is 1.29 bits per heavy atom. The van der Waals surface area contributed by atoms with Crippen molar-refractivity contribution in [1.82, 2.24) is 9.88 Å². The van der Waals surface area contributed by atoms with Crippen LogP contribution >= 0.6 is 0 Å². The zero-order valence-corrected chi connectivity index (χ0v) is 14.2. The first-order valence-electron chi connectivity index (χ1n) is 8.76. The predicted octanol–water partition coefficient (Wildman–Crippen LogP) is 3.93. The van der Waals surface area contributed by atoms with Crippen LogP contribution in [0, 0.1) is 0 Å². The van der Waals surface area contributed by atoms with Gasteiger partial charge < -0.3 is 14.6 Å². The lowest BCUT2D eigenvalue weighted by molar-refractivity contribution is -0.131. The summed E-state index contributed by atoms with van der Waals surface area (Å²) in [5.74, 6) is 0.854. The maximum absolute atomic E-state index is 12.5. The van der Waals surface area contributed by atoms with Gasteiger partial charge in [0.15, 0.2) is 0 Å². The number of amides is 1. The molecule has 1 aliphatic heterocycles. The van der Waals surface area contributed by atoms with E-state index in [9.17, 15) is 4.79 Å². The number of anilines is 1. The number of nitrogens with one attached hydrogen (secondary N) is 1. The number of carbonyl (C=O) groups excluding carboxylic acids is 1. The summed E-state index contributed by atoms with van der Waals surface area (Å²) in [6.45, 7) is 3.87. The van der Waals surface area contributed by atoms with Crippen LogP contribution in [0.4, 0.5) is 5.69 Å². The molecule has 1 N–H and O–H groups in total. The number of likely N-dealkylation sites (tertiary alicyclic amines) is 1. The first kappa shape index (κ1) is 16.6. The lowest BCUT2D eigenvalue weighted by Gasteiger charge is -2.23. The molecule has 1 saturated heterocycles. The predicted molar refractivity (Wildman–Crippen MR) is 94.7 cm³/mol. The molecule has 3 rings (SSSR count). The lowest BCUT2D eigenvalue weighted by atomic mass is 10.1. The van der Waals surface area contributed by atoms with Crippen LogP contribution in [0.3, 0.4) is 0 Å². The Balaban J connectivity index is 1.57. The molecule has 1 aliphatic rings. The molecule has 1 aromatic heterocycles. The molecule has 0 radical (unpaired) electrons. The fraction of sp³-hybridized carbons (Fsp3) is 0.474. The molecule has 5 heteroatoms. The number of aromatic nitrogens is 1. The zero-order valence-electron chi connectivity index (χ0n) is 14.2. The van der Waals surface area contributed by atoms with E-state index in [-0.39, 0.29) is 11.9 Å². The normalized spacial score (nSPS) is 16.5. The quantitative estimate of drug-likeness (QED) is 0.904. The number of hydrogen-bond donors (Lipinski definition) is 1. The molecule has 0 bridgehead atoms. The summed E-state index contributed by atoms with van der Waals surface area (Å²) in [7, 11) is 0. The highest BCUT2D eigenvalue weighted by molar-refractivity contribution is 5.77. The Hall–Kier alpha value is -2.30. The fourth-order valence-corrected chi connectivity index (χ4v) is 3.15. The van der Waals surface area contributed by atoms with Crippen LogP contribution in [0.1, 0.15) is 39.0 Å². The van der Waals surface area contributed by atoms with Crippen LogP contribution in [0.25, 0.3) is 11.5 Å². The van der Waals surface area contributed by atoms with Crippen LogP contribution in [-0.2, 0) is 4.79 Å². The van der Waals surface area contributed by atoms with Crippen molar-refractivity contribution in [1.29, 1.82) is 0 Å². The molecule has 24 heavy (non-hydrogen) atoms. The Bertz CT molecular complexity index is 646. The molecule has 0 aliphatic carbocycles. The van der Waals surface area contributed by atoms with Gasteiger partial charge in [-0.1, -0.05) is 18.9 Å². The summed E-state index contributed by atoms with van der Waals surface area (Å²) in [6.07, 6.45) is 8.47. The Kier molecular flexibility index (Phi) is 5.51. The van der Waals surface area contributed by atoms with Gasteiger partial charge in [0.1, 0.15) is 6.26 Å². The van der Waals surface area contributed by atoms with Crippen molar-refractivity contribution in [2.75, 3.05) is 18.4 Å². The van der Waals surface area contributed by atoms with Crippen molar-refractivity contribution >= 4 is 11.6 Å². The van der Waals surface area contributed by atoms with Crippen LogP contribution in [0.5, 0.6) is 0 Å². The summed E-state index contributed by atoms with van der Waals surface area (Å²) in [5.41, 5.74) is 1.90. The molecule has 1 atom stereocenters. The smallest absolute Gasteiger partial charge is 0.225 e. The second-order valence-electron chi connectivity index (χ2n) is 6.46. The number of oxazole rings is 1. The Morgan fingerprint density at radius 2 is 2.08 bits per heavy atom. The van der Waals surface area contributed by atoms with Crippen LogP contribution in [-0.4, -0.2) is 34.9 Å². The number of nitrogens with zero attached hydrogens (tertiary/aromatic N) is 2. The number of hydrogen-bond acceptors (Lipinski definition) is 4. The van der Waals surface area contributed by atoms with Gasteiger partial charge in [0, 0.05) is 36.8 Å². The van der Waals surface area contributed by atoms with Crippen LogP contribution in [0.2, 0.25) is 0 Å². The molecule has 2 heterocycles. The molecule has 1 aromatic carbocycles. The van der Waals surface area contributed by atoms with Gasteiger partial charge in [0.05, 0.1) is 6.20 Å². The molecule has 0 spiro atoms. The largest absolute Gasteiger partial charge is 0.445 e. The van der Waals surface area contributed by atoms with E-state index in [0.717, 1.165) is 37.2 Å². The van der Waals surface area contributed by atoms with Crippen molar-refractivity contribution in [3.63, 3.8) is 0 Å². The minimum atomic E-state index is 0.0839. The first-order valence-corrected chi connectivity index (χ1v) is 8.76. The topological polar surface area (TPSA) is 58.4 Å². The third-order valence-corrected chi connectivity index (χ3v) is 4.39. The second-order valence-corrected chi connectivity index (χ2v) is 6.46. The molecular weight excluding hydrogens is 302 g/mol. The standard InChI is InChI=1S/C19H25N3O2/c1-15(13-18(23)22-10-4-2-3-5-11-22)21-17-8-6-7-16(14-17)19-20-9-12-24-19/h6-9,12,14-15,21H,2-5,10-11,13H2,1H3/t15-/m1/s1. The Labute approximate surface area is 143 Å². The summed E-state index contributed by atoms with van der Waals surface area (Å²) in [6, 6.07) is 8.01. The summed E-state index contributed by atoms with van der Waals surface area (Å²) >= 11 is 0. The average Bonchev–Trinajstić information content (AvgIpc) is 2.97. The van der Waals surface area contributed by atoms with Crippen LogP contribution < -0.4 is 5.32 Å². The lowest BCUT2D eigenvalue weighted by Crippen LogP contribution is -2.35. The molecule has 1 fully saturated rings. The third kappa shape index (κ3) is 4.37. The van der Waals surface area contributed by atoms with Gasteiger partial charge in [-0.25, -0.2) is 4.98 Å². The van der Waals surface area contributed by atoms with Crippen LogP contribution in [0.15, 0.2) is 41.1 Å². The highest BCUT2D eigenvalue weighted by Gasteiger charge is 2.18. The van der Waals surface area contributed by atoms with E-state index in [1.165, 1.54) is 12.8 Å². The third-order valence-electron chi connectivity index (χ3n) is 4.39. The van der Waals surface area contributed by atoms with E-state index in [1.54, 1.807) is 12.5 Å². The number of rotatable bonds is 5. The molecule has 128 valence electrons. The zero-order chi connectivity index (χ0) is 16.8. The monoisotopic (exact) mass is 327 g/mol. The van der Waals surface area contributed by atoms with E-state index in [0.29, 0.717) is 12.3 Å². The summed E-state index contributed by atoms with van der Waals surface area (Å²) in [4.78, 5) is 18.7. The minimum Gasteiger partial charge on any atom is -0.445 e. The van der Waals surface area contributed by atoms with E-state index < -0.39 is 0 Å². The van der Waals surface area contributed by atoms with Crippen molar-refractivity contribution in [2.45, 2.75) is 45.1 Å². The van der Waals surface area contributed by atoms with Crippen molar-refractivity contribution in [2.24, 2.45) is 0 Å². The van der Waals surface area contributed by atoms with Gasteiger partial charge in [-0.2, -0.15) is 0 Å². The molecule has 1 amide bonds. The average molecular weight is 327 g/mol. The minimum absolute atomic E-state index is 0.0839. The Morgan fingerprint density at radius 3 is 2.79 bits per heavy atom. The van der Waals surface area contributed by atoms with Gasteiger partial charge in [-0.15, -0.1) is 0 Å². The molecule has 5 nitrogen and oxygen atoms in total. The van der Waals surface area contributed by atoms with Crippen molar-refractivity contribution in [3.05, 3.63) is 36.7 Å².